The number of aromatic nitrogens is 4. The Bertz CT molecular complexity index is 1260. The number of rotatable bonds is 6. The normalized spacial score (nSPS) is 10.6. The average molecular weight is 454 g/mol. The second kappa shape index (κ2) is 9.31. The van der Waals surface area contributed by atoms with Crippen LogP contribution in [0.2, 0.25) is 0 Å². The number of halogens is 1. The summed E-state index contributed by atoms with van der Waals surface area (Å²) in [6, 6.07) is 10.3. The molecule has 1 aromatic carbocycles. The van der Waals surface area contributed by atoms with Gasteiger partial charge in [0.05, 0.1) is 5.56 Å². The van der Waals surface area contributed by atoms with Crippen LogP contribution in [0.25, 0.3) is 33.5 Å². The predicted octanol–water partition coefficient (Wildman–Crippen LogP) is 4.10. The number of benzene rings is 1. The second-order valence-corrected chi connectivity index (χ2v) is 7.14. The third-order valence-electron chi connectivity index (χ3n) is 4.17. The smallest absolute Gasteiger partial charge is 0.398 e. The molecule has 32 heavy (non-hydrogen) atoms. The summed E-state index contributed by atoms with van der Waals surface area (Å²) in [4.78, 5) is 34.9. The van der Waals surface area contributed by atoms with Crippen LogP contribution in [0.15, 0.2) is 52.4 Å². The Morgan fingerprint density at radius 3 is 2.69 bits per heavy atom. The van der Waals surface area contributed by atoms with Crippen LogP contribution in [0, 0.1) is 0 Å². The maximum Gasteiger partial charge on any atom is 0.398 e. The highest BCUT2D eigenvalue weighted by Crippen LogP contribution is 2.35. The van der Waals surface area contributed by atoms with Gasteiger partial charge in [-0.1, -0.05) is 18.2 Å². The molecule has 162 valence electrons. The molecular weight excluding hydrogens is 439 g/mol. The van der Waals surface area contributed by atoms with E-state index >= 15 is 0 Å². The Balaban J connectivity index is 1.77. The molecule has 0 aliphatic carbocycles. The molecule has 10 nitrogen and oxygen atoms in total. The Morgan fingerprint density at radius 1 is 1.16 bits per heavy atom. The van der Waals surface area contributed by atoms with Crippen LogP contribution < -0.4 is 10.6 Å². The molecule has 4 aromatic rings. The SMILES string of the molecule is CCNC(=O)Nc1cc(-c2nnc(-c3ccccc3)o2)c(-c2nc(C(=O)OF)cs2)cn1. The van der Waals surface area contributed by atoms with Crippen molar-refractivity contribution in [1.82, 2.24) is 25.5 Å². The molecule has 0 aliphatic heterocycles. The maximum atomic E-state index is 12.3. The molecular formula is C20H15FN6O4S. The van der Waals surface area contributed by atoms with E-state index in [9.17, 15) is 14.1 Å². The van der Waals surface area contributed by atoms with Gasteiger partial charge in [0.1, 0.15) is 10.8 Å². The number of amides is 2. The van der Waals surface area contributed by atoms with Crippen LogP contribution >= 0.6 is 11.3 Å². The highest BCUT2D eigenvalue weighted by atomic mass is 32.1. The zero-order valence-electron chi connectivity index (χ0n) is 16.5. The number of pyridine rings is 1. The third-order valence-corrected chi connectivity index (χ3v) is 5.05. The first kappa shape index (κ1) is 21.1. The Hall–Kier alpha value is -4.19. The van der Waals surface area contributed by atoms with Crippen LogP contribution in [0.1, 0.15) is 17.4 Å². The number of carbonyl (C=O) groups excluding carboxylic acids is 2. The van der Waals surface area contributed by atoms with E-state index in [1.54, 1.807) is 13.0 Å². The number of hydrogen-bond donors (Lipinski definition) is 2. The standard InChI is InChI=1S/C20H15FN6O4S/c1-2-22-20(29)25-15-8-12(17-27-26-16(30-17)11-6-4-3-5-7-11)13(9-23-15)18-24-14(10-32-18)19(28)31-21/h3-10H,2H2,1H3,(H2,22,23,25,29). The van der Waals surface area contributed by atoms with E-state index in [4.69, 9.17) is 4.42 Å². The van der Waals surface area contributed by atoms with Crippen molar-refractivity contribution in [3.63, 3.8) is 0 Å². The fourth-order valence-corrected chi connectivity index (χ4v) is 3.57. The molecule has 12 heteroatoms. The van der Waals surface area contributed by atoms with Crippen LogP contribution in [0.3, 0.4) is 0 Å². The van der Waals surface area contributed by atoms with Crippen molar-refractivity contribution in [3.05, 3.63) is 53.7 Å². The van der Waals surface area contributed by atoms with Crippen molar-refractivity contribution in [3.8, 4) is 33.5 Å². The van der Waals surface area contributed by atoms with E-state index in [2.05, 4.69) is 35.7 Å². The number of nitrogens with one attached hydrogen (secondary N) is 2. The van der Waals surface area contributed by atoms with Gasteiger partial charge >= 0.3 is 12.0 Å². The molecule has 4 rings (SSSR count). The Morgan fingerprint density at radius 2 is 1.94 bits per heavy atom. The van der Waals surface area contributed by atoms with E-state index in [1.807, 2.05) is 30.3 Å². The van der Waals surface area contributed by atoms with E-state index in [0.29, 0.717) is 28.6 Å². The molecule has 2 amide bonds. The summed E-state index contributed by atoms with van der Waals surface area (Å²) in [5.41, 5.74) is 1.39. The number of anilines is 1. The third kappa shape index (κ3) is 4.44. The zero-order chi connectivity index (χ0) is 22.5. The summed E-state index contributed by atoms with van der Waals surface area (Å²) in [7, 11) is 0. The number of carbonyl (C=O) groups is 2. The number of hydrogen-bond acceptors (Lipinski definition) is 9. The van der Waals surface area contributed by atoms with Gasteiger partial charge in [0.25, 0.3) is 0 Å². The van der Waals surface area contributed by atoms with Gasteiger partial charge in [0, 0.05) is 33.8 Å². The van der Waals surface area contributed by atoms with E-state index in [-0.39, 0.29) is 17.4 Å². The fourth-order valence-electron chi connectivity index (χ4n) is 2.75. The first-order valence-corrected chi connectivity index (χ1v) is 10.2. The van der Waals surface area contributed by atoms with Gasteiger partial charge in [0.15, 0.2) is 5.69 Å². The van der Waals surface area contributed by atoms with Crippen molar-refractivity contribution in [2.75, 3.05) is 11.9 Å². The maximum absolute atomic E-state index is 12.3. The first-order chi connectivity index (χ1) is 15.6. The van der Waals surface area contributed by atoms with Crippen LogP contribution in [-0.4, -0.2) is 38.7 Å². The minimum atomic E-state index is -1.21. The predicted molar refractivity (Wildman–Crippen MR) is 113 cm³/mol. The summed E-state index contributed by atoms with van der Waals surface area (Å²) < 4.78 is 18.1. The Kier molecular flexibility index (Phi) is 6.12. The van der Waals surface area contributed by atoms with Gasteiger partial charge in [-0.25, -0.2) is 24.5 Å². The van der Waals surface area contributed by atoms with Crippen molar-refractivity contribution < 1.29 is 23.5 Å². The molecule has 3 aromatic heterocycles. The van der Waals surface area contributed by atoms with E-state index in [0.717, 1.165) is 16.9 Å². The number of thiazole rings is 1. The molecule has 0 spiro atoms. The molecule has 3 heterocycles. The van der Waals surface area contributed by atoms with Crippen molar-refractivity contribution in [2.24, 2.45) is 0 Å². The molecule has 0 bridgehead atoms. The zero-order valence-corrected chi connectivity index (χ0v) is 17.4. The minimum Gasteiger partial charge on any atom is -0.416 e. The first-order valence-electron chi connectivity index (χ1n) is 9.32. The Labute approximate surface area is 184 Å². The van der Waals surface area contributed by atoms with Gasteiger partial charge in [-0.3, -0.25) is 5.32 Å². The molecule has 0 saturated heterocycles. The largest absolute Gasteiger partial charge is 0.416 e. The molecule has 0 radical (unpaired) electrons. The van der Waals surface area contributed by atoms with Gasteiger partial charge in [-0.05, 0) is 25.1 Å². The van der Waals surface area contributed by atoms with Crippen molar-refractivity contribution in [2.45, 2.75) is 6.92 Å². The summed E-state index contributed by atoms with van der Waals surface area (Å²) in [6.45, 7) is 2.22. The lowest BCUT2D eigenvalue weighted by Gasteiger charge is -2.08. The second-order valence-electron chi connectivity index (χ2n) is 6.28. The minimum absolute atomic E-state index is 0.144. The van der Waals surface area contributed by atoms with Crippen molar-refractivity contribution >= 4 is 29.2 Å². The molecule has 0 saturated carbocycles. The van der Waals surface area contributed by atoms with Gasteiger partial charge in [-0.2, -0.15) is 0 Å². The summed E-state index contributed by atoms with van der Waals surface area (Å²) >= 11 is 1.08. The van der Waals surface area contributed by atoms with Crippen LogP contribution in [-0.2, 0) is 4.94 Å². The lowest BCUT2D eigenvalue weighted by atomic mass is 10.1. The highest BCUT2D eigenvalue weighted by molar-refractivity contribution is 7.13. The van der Waals surface area contributed by atoms with Gasteiger partial charge in [-0.15, -0.1) is 21.5 Å². The highest BCUT2D eigenvalue weighted by Gasteiger charge is 2.21. The van der Waals surface area contributed by atoms with E-state index < -0.39 is 12.0 Å². The summed E-state index contributed by atoms with van der Waals surface area (Å²) in [5.74, 6) is -0.540. The quantitative estimate of drug-likeness (QED) is 0.445. The van der Waals surface area contributed by atoms with Crippen molar-refractivity contribution in [1.29, 1.82) is 0 Å². The summed E-state index contributed by atoms with van der Waals surface area (Å²) in [6.07, 6.45) is 1.44. The molecule has 0 aliphatic rings. The van der Waals surface area contributed by atoms with Gasteiger partial charge in [0.2, 0.25) is 11.8 Å². The number of nitrogens with zero attached hydrogens (tertiary/aromatic N) is 4. The van der Waals surface area contributed by atoms with Crippen LogP contribution in [0.5, 0.6) is 0 Å². The molecule has 0 fully saturated rings. The fraction of sp³-hybridized carbons (Fsp3) is 0.100. The summed E-state index contributed by atoms with van der Waals surface area (Å²) in [5, 5.41) is 15.1. The van der Waals surface area contributed by atoms with Crippen LogP contribution in [0.4, 0.5) is 15.1 Å². The van der Waals surface area contributed by atoms with Gasteiger partial charge < -0.3 is 9.73 Å². The topological polar surface area (TPSA) is 132 Å². The number of urea groups is 1. The molecule has 0 atom stereocenters. The molecule has 2 N–H and O–H groups in total. The monoisotopic (exact) mass is 454 g/mol. The lowest BCUT2D eigenvalue weighted by Crippen LogP contribution is -2.28. The molecule has 0 unspecified atom stereocenters. The lowest BCUT2D eigenvalue weighted by molar-refractivity contribution is -0.0792. The average Bonchev–Trinajstić information content (AvgIpc) is 3.50. The van der Waals surface area contributed by atoms with E-state index in [1.165, 1.54) is 11.6 Å².